The van der Waals surface area contributed by atoms with Crippen molar-refractivity contribution in [2.24, 2.45) is 11.7 Å². The van der Waals surface area contributed by atoms with Crippen molar-refractivity contribution in [3.05, 3.63) is 15.9 Å². The maximum absolute atomic E-state index is 12.5. The van der Waals surface area contributed by atoms with Gasteiger partial charge in [0.2, 0.25) is 0 Å². The molecule has 0 radical (unpaired) electrons. The van der Waals surface area contributed by atoms with E-state index in [0.29, 0.717) is 23.2 Å². The van der Waals surface area contributed by atoms with Crippen molar-refractivity contribution in [3.8, 4) is 0 Å². The second kappa shape index (κ2) is 6.00. The molecule has 0 unspecified atom stereocenters. The summed E-state index contributed by atoms with van der Waals surface area (Å²) in [7, 11) is -3.61. The molecule has 1 saturated carbocycles. The first-order valence-corrected chi connectivity index (χ1v) is 9.90. The van der Waals surface area contributed by atoms with Gasteiger partial charge in [-0.15, -0.1) is 11.3 Å². The van der Waals surface area contributed by atoms with Crippen molar-refractivity contribution in [1.29, 1.82) is 0 Å². The first-order valence-electron chi connectivity index (χ1n) is 6.34. The molecule has 0 aliphatic heterocycles. The highest BCUT2D eigenvalue weighted by atomic mass is 79.9. The van der Waals surface area contributed by atoms with Crippen LogP contribution in [0.15, 0.2) is 20.1 Å². The van der Waals surface area contributed by atoms with Crippen molar-refractivity contribution in [3.63, 3.8) is 0 Å². The van der Waals surface area contributed by atoms with Crippen LogP contribution in [0.3, 0.4) is 0 Å². The number of rotatable bonds is 4. The monoisotopic (exact) mass is 396 g/mol. The van der Waals surface area contributed by atoms with Gasteiger partial charge in [0, 0.05) is 4.47 Å². The summed E-state index contributed by atoms with van der Waals surface area (Å²) in [6.07, 6.45) is 3.16. The summed E-state index contributed by atoms with van der Waals surface area (Å²) >= 11 is 9.57. The predicted molar refractivity (Wildman–Crippen MR) is 89.5 cm³/mol. The Morgan fingerprint density at radius 3 is 2.60 bits per heavy atom. The van der Waals surface area contributed by atoms with E-state index in [1.807, 2.05) is 0 Å². The average Bonchev–Trinajstić information content (AvgIpc) is 2.79. The lowest BCUT2D eigenvalue weighted by Crippen LogP contribution is -2.58. The van der Waals surface area contributed by atoms with Gasteiger partial charge in [-0.3, -0.25) is 0 Å². The van der Waals surface area contributed by atoms with Crippen LogP contribution < -0.4 is 10.5 Å². The largest absolute Gasteiger partial charge is 0.392 e. The van der Waals surface area contributed by atoms with Gasteiger partial charge in [0.25, 0.3) is 10.0 Å². The molecule has 1 aliphatic rings. The molecule has 8 heteroatoms. The molecule has 0 saturated heterocycles. The molecule has 1 aliphatic carbocycles. The Morgan fingerprint density at radius 2 is 2.15 bits per heavy atom. The van der Waals surface area contributed by atoms with Crippen LogP contribution in [0.5, 0.6) is 0 Å². The topological polar surface area (TPSA) is 72.2 Å². The third kappa shape index (κ3) is 3.24. The summed E-state index contributed by atoms with van der Waals surface area (Å²) in [5, 5.41) is 1.73. The van der Waals surface area contributed by atoms with E-state index in [0.717, 1.165) is 12.8 Å². The van der Waals surface area contributed by atoms with E-state index in [2.05, 4.69) is 27.6 Å². The fourth-order valence-electron chi connectivity index (χ4n) is 2.43. The molecule has 0 aromatic carbocycles. The smallest absolute Gasteiger partial charge is 0.252 e. The van der Waals surface area contributed by atoms with Gasteiger partial charge >= 0.3 is 0 Å². The minimum Gasteiger partial charge on any atom is -0.392 e. The first-order chi connectivity index (χ1) is 9.27. The average molecular weight is 397 g/mol. The summed E-state index contributed by atoms with van der Waals surface area (Å²) in [4.78, 5) is 0.237. The highest BCUT2D eigenvalue weighted by Gasteiger charge is 2.41. The molecule has 1 aromatic rings. The highest BCUT2D eigenvalue weighted by molar-refractivity contribution is 9.10. The molecule has 4 nitrogen and oxygen atoms in total. The number of thiophene rings is 1. The second-order valence-corrected chi connectivity index (χ2v) is 9.38. The number of thiocarbonyl (C=S) groups is 1. The minimum atomic E-state index is -3.61. The lowest BCUT2D eigenvalue weighted by Gasteiger charge is -2.38. The van der Waals surface area contributed by atoms with E-state index in [4.69, 9.17) is 18.0 Å². The van der Waals surface area contributed by atoms with Crippen molar-refractivity contribution in [1.82, 2.24) is 4.72 Å². The van der Waals surface area contributed by atoms with E-state index < -0.39 is 15.6 Å². The van der Waals surface area contributed by atoms with Crippen molar-refractivity contribution in [2.45, 2.75) is 42.4 Å². The molecular formula is C12H17BrN2O2S3. The summed E-state index contributed by atoms with van der Waals surface area (Å²) in [6, 6.07) is 1.72. The molecule has 1 heterocycles. The van der Waals surface area contributed by atoms with Crippen LogP contribution in [-0.4, -0.2) is 18.9 Å². The van der Waals surface area contributed by atoms with Gasteiger partial charge in [-0.1, -0.05) is 19.1 Å². The standard InChI is InChI=1S/C12H17BrN2O2S3/c1-8-2-5-12(6-3-8,11(14)18)15-20(16,17)10-9(13)4-7-19-10/h4,7-8,15H,2-3,5-6H2,1H3,(H2,14,18). The van der Waals surface area contributed by atoms with Crippen molar-refractivity contribution >= 4 is 54.5 Å². The maximum Gasteiger partial charge on any atom is 0.252 e. The molecule has 112 valence electrons. The maximum atomic E-state index is 12.5. The van der Waals surface area contributed by atoms with Gasteiger partial charge in [0.1, 0.15) is 4.21 Å². The zero-order valence-electron chi connectivity index (χ0n) is 11.1. The van der Waals surface area contributed by atoms with Gasteiger partial charge in [-0.25, -0.2) is 8.42 Å². The predicted octanol–water partition coefficient (Wildman–Crippen LogP) is 3.02. The van der Waals surface area contributed by atoms with E-state index in [-0.39, 0.29) is 9.20 Å². The van der Waals surface area contributed by atoms with E-state index in [1.54, 1.807) is 11.4 Å². The van der Waals surface area contributed by atoms with E-state index in [1.165, 1.54) is 11.3 Å². The molecule has 0 bridgehead atoms. The van der Waals surface area contributed by atoms with Crippen LogP contribution in [0.2, 0.25) is 0 Å². The highest BCUT2D eigenvalue weighted by Crippen LogP contribution is 2.35. The van der Waals surface area contributed by atoms with Crippen LogP contribution in [0.25, 0.3) is 0 Å². The zero-order valence-corrected chi connectivity index (χ0v) is 15.1. The second-order valence-electron chi connectivity index (χ2n) is 5.29. The summed E-state index contributed by atoms with van der Waals surface area (Å²) < 4.78 is 28.7. The fraction of sp³-hybridized carbons (Fsp3) is 0.583. The Kier molecular flexibility index (Phi) is 4.91. The number of nitrogens with one attached hydrogen (secondary N) is 1. The molecule has 20 heavy (non-hydrogen) atoms. The third-order valence-electron chi connectivity index (χ3n) is 3.76. The summed E-state index contributed by atoms with van der Waals surface area (Å²) in [5.74, 6) is 0.579. The van der Waals surface area contributed by atoms with E-state index >= 15 is 0 Å². The molecule has 1 fully saturated rings. The Morgan fingerprint density at radius 1 is 1.55 bits per heavy atom. The van der Waals surface area contributed by atoms with Crippen LogP contribution in [-0.2, 0) is 10.0 Å². The molecular weight excluding hydrogens is 380 g/mol. The lowest BCUT2D eigenvalue weighted by atomic mass is 9.78. The fourth-order valence-corrected chi connectivity index (χ4v) is 6.53. The molecule has 2 rings (SSSR count). The quantitative estimate of drug-likeness (QED) is 0.767. The number of nitrogens with two attached hydrogens (primary N) is 1. The summed E-state index contributed by atoms with van der Waals surface area (Å²) in [6.45, 7) is 2.16. The number of hydrogen-bond acceptors (Lipinski definition) is 4. The minimum absolute atomic E-state index is 0.237. The van der Waals surface area contributed by atoms with Crippen LogP contribution >= 0.6 is 39.5 Å². The van der Waals surface area contributed by atoms with Crippen molar-refractivity contribution in [2.75, 3.05) is 0 Å². The van der Waals surface area contributed by atoms with Gasteiger partial charge in [-0.05, 0) is 59.0 Å². The molecule has 0 spiro atoms. The lowest BCUT2D eigenvalue weighted by molar-refractivity contribution is 0.289. The molecule has 1 aromatic heterocycles. The Balaban J connectivity index is 2.30. The van der Waals surface area contributed by atoms with Crippen LogP contribution in [0, 0.1) is 5.92 Å². The normalized spacial score (nSPS) is 27.4. The Bertz CT molecular complexity index is 604. The van der Waals surface area contributed by atoms with Gasteiger partial charge in [-0.2, -0.15) is 4.72 Å². The number of sulfonamides is 1. The van der Waals surface area contributed by atoms with Gasteiger partial charge in [0.15, 0.2) is 0 Å². The van der Waals surface area contributed by atoms with Crippen LogP contribution in [0.4, 0.5) is 0 Å². The summed E-state index contributed by atoms with van der Waals surface area (Å²) in [5.41, 5.74) is 5.05. The zero-order chi connectivity index (χ0) is 15.0. The Labute approximate surface area is 137 Å². The SMILES string of the molecule is CC1CCC(NS(=O)(=O)c2sccc2Br)(C(N)=S)CC1. The number of halogens is 1. The van der Waals surface area contributed by atoms with Gasteiger partial charge in [0.05, 0.1) is 10.5 Å². The van der Waals surface area contributed by atoms with Crippen LogP contribution in [0.1, 0.15) is 32.6 Å². The Hall–Kier alpha value is -0.0200. The number of hydrogen-bond donors (Lipinski definition) is 2. The van der Waals surface area contributed by atoms with Gasteiger partial charge < -0.3 is 5.73 Å². The first kappa shape index (κ1) is 16.4. The molecule has 0 amide bonds. The van der Waals surface area contributed by atoms with E-state index in [9.17, 15) is 8.42 Å². The third-order valence-corrected chi connectivity index (χ3v) is 8.35. The van der Waals surface area contributed by atoms with Crippen molar-refractivity contribution < 1.29 is 8.42 Å². The molecule has 0 atom stereocenters. The molecule has 3 N–H and O–H groups in total.